The molecule has 0 fully saturated rings. The van der Waals surface area contributed by atoms with Crippen molar-refractivity contribution in [3.8, 4) is 5.75 Å². The number of hydrogen-bond donors (Lipinski definition) is 1. The average Bonchev–Trinajstić information content (AvgIpc) is 2.86. The van der Waals surface area contributed by atoms with Crippen molar-refractivity contribution in [2.75, 3.05) is 7.11 Å². The quantitative estimate of drug-likeness (QED) is 0.917. The van der Waals surface area contributed by atoms with Crippen molar-refractivity contribution in [1.82, 2.24) is 0 Å². The summed E-state index contributed by atoms with van der Waals surface area (Å²) < 4.78 is 5.28. The highest BCUT2D eigenvalue weighted by Crippen LogP contribution is 2.53. The molecule has 1 atom stereocenters. The highest BCUT2D eigenvalue weighted by molar-refractivity contribution is 6.16. The van der Waals surface area contributed by atoms with Gasteiger partial charge < -0.3 is 9.84 Å². The Hall–Kier alpha value is -2.62. The smallest absolute Gasteiger partial charge is 0.332 e. The number of carboxylic acids is 1. The van der Waals surface area contributed by atoms with Crippen LogP contribution in [0, 0.1) is 5.41 Å². The van der Waals surface area contributed by atoms with Crippen LogP contribution in [-0.4, -0.2) is 24.0 Å². The number of carbonyl (C=O) groups excluding carboxylic acids is 1. The minimum Gasteiger partial charge on any atom is -0.497 e. The van der Waals surface area contributed by atoms with E-state index in [0.717, 1.165) is 39.6 Å². The fourth-order valence-electron chi connectivity index (χ4n) is 4.20. The fourth-order valence-corrected chi connectivity index (χ4v) is 4.20. The topological polar surface area (TPSA) is 63.6 Å². The van der Waals surface area contributed by atoms with Gasteiger partial charge in [-0.25, -0.2) is 4.79 Å². The standard InChI is InChI=1S/C20H18O4/c1-20-8-7-14-13-6-4-12(24-2)9-11(13)3-5-15(14)18(20)16(19(22)23)10-17(20)21/h3-6,9H,7-8,10H2,1-2H3,(H,22,23). The molecule has 0 spiro atoms. The van der Waals surface area contributed by atoms with Crippen LogP contribution in [0.2, 0.25) is 0 Å². The maximum Gasteiger partial charge on any atom is 0.332 e. The molecular formula is C20H18O4. The van der Waals surface area contributed by atoms with Crippen LogP contribution in [0.25, 0.3) is 16.3 Å². The molecule has 0 saturated carbocycles. The first-order valence-corrected chi connectivity index (χ1v) is 8.06. The predicted octanol–water partition coefficient (Wildman–Crippen LogP) is 3.61. The first-order chi connectivity index (χ1) is 11.5. The van der Waals surface area contributed by atoms with Gasteiger partial charge in [0.1, 0.15) is 11.5 Å². The van der Waals surface area contributed by atoms with Gasteiger partial charge in [0, 0.05) is 12.0 Å². The van der Waals surface area contributed by atoms with Crippen LogP contribution >= 0.6 is 0 Å². The van der Waals surface area contributed by atoms with Crippen molar-refractivity contribution in [2.45, 2.75) is 26.2 Å². The zero-order chi connectivity index (χ0) is 17.1. The number of hydrogen-bond acceptors (Lipinski definition) is 3. The summed E-state index contributed by atoms with van der Waals surface area (Å²) in [6.07, 6.45) is 1.47. The highest BCUT2D eigenvalue weighted by atomic mass is 16.5. The number of fused-ring (bicyclic) bond motifs is 5. The van der Waals surface area contributed by atoms with Gasteiger partial charge in [0.05, 0.1) is 12.5 Å². The van der Waals surface area contributed by atoms with Gasteiger partial charge in [-0.3, -0.25) is 4.79 Å². The summed E-state index contributed by atoms with van der Waals surface area (Å²) in [7, 11) is 1.64. The second kappa shape index (κ2) is 4.94. The van der Waals surface area contributed by atoms with Crippen molar-refractivity contribution >= 4 is 28.1 Å². The van der Waals surface area contributed by atoms with Crippen molar-refractivity contribution in [2.24, 2.45) is 5.41 Å². The van der Waals surface area contributed by atoms with Gasteiger partial charge in [-0.15, -0.1) is 0 Å². The minimum absolute atomic E-state index is 0.0235. The van der Waals surface area contributed by atoms with Gasteiger partial charge in [0.15, 0.2) is 0 Å². The molecule has 0 heterocycles. The molecular weight excluding hydrogens is 304 g/mol. The van der Waals surface area contributed by atoms with E-state index in [-0.39, 0.29) is 17.8 Å². The van der Waals surface area contributed by atoms with Crippen LogP contribution in [-0.2, 0) is 16.0 Å². The second-order valence-corrected chi connectivity index (χ2v) is 6.77. The van der Waals surface area contributed by atoms with Crippen LogP contribution < -0.4 is 4.74 Å². The lowest BCUT2D eigenvalue weighted by atomic mass is 9.68. The van der Waals surface area contributed by atoms with E-state index < -0.39 is 11.4 Å². The third kappa shape index (κ3) is 1.86. The lowest BCUT2D eigenvalue weighted by Gasteiger charge is -2.33. The maximum atomic E-state index is 12.5. The molecule has 2 aromatic rings. The summed E-state index contributed by atoms with van der Waals surface area (Å²) in [6, 6.07) is 9.87. The molecule has 1 N–H and O–H groups in total. The largest absolute Gasteiger partial charge is 0.497 e. The zero-order valence-electron chi connectivity index (χ0n) is 13.7. The van der Waals surface area contributed by atoms with Gasteiger partial charge in [-0.2, -0.15) is 0 Å². The molecule has 4 rings (SSSR count). The number of aryl methyl sites for hydroxylation is 1. The molecule has 1 unspecified atom stereocenters. The first-order valence-electron chi connectivity index (χ1n) is 8.06. The molecule has 0 aromatic heterocycles. The van der Waals surface area contributed by atoms with Crippen LogP contribution in [0.3, 0.4) is 0 Å². The molecule has 24 heavy (non-hydrogen) atoms. The Morgan fingerprint density at radius 3 is 2.75 bits per heavy atom. The fraction of sp³-hybridized carbons (Fsp3) is 0.300. The lowest BCUT2D eigenvalue weighted by Crippen LogP contribution is -2.29. The highest BCUT2D eigenvalue weighted by Gasteiger charge is 2.48. The van der Waals surface area contributed by atoms with Gasteiger partial charge >= 0.3 is 5.97 Å². The Balaban J connectivity index is 2.01. The van der Waals surface area contributed by atoms with Crippen molar-refractivity contribution in [3.05, 3.63) is 47.0 Å². The number of methoxy groups -OCH3 is 1. The predicted molar refractivity (Wildman–Crippen MR) is 91.1 cm³/mol. The number of rotatable bonds is 2. The van der Waals surface area contributed by atoms with E-state index in [1.165, 1.54) is 0 Å². The number of aliphatic carboxylic acids is 1. The van der Waals surface area contributed by atoms with E-state index in [2.05, 4.69) is 0 Å². The maximum absolute atomic E-state index is 12.5. The summed E-state index contributed by atoms with van der Waals surface area (Å²) in [6.45, 7) is 1.89. The van der Waals surface area contributed by atoms with E-state index in [4.69, 9.17) is 4.74 Å². The molecule has 2 aliphatic rings. The number of ether oxygens (including phenoxy) is 1. The Kier molecular flexibility index (Phi) is 3.07. The number of Topliss-reactive ketones (excluding diaryl/α,β-unsaturated/α-hetero) is 1. The van der Waals surface area contributed by atoms with Crippen LogP contribution in [0.15, 0.2) is 35.9 Å². The SMILES string of the molecule is COc1ccc2c3c(ccc2c1)C1=C(C(=O)O)CC(=O)C1(C)CC3. The molecule has 0 amide bonds. The average molecular weight is 322 g/mol. The normalized spacial score (nSPS) is 22.5. The zero-order valence-corrected chi connectivity index (χ0v) is 13.7. The summed E-state index contributed by atoms with van der Waals surface area (Å²) >= 11 is 0. The molecule has 0 radical (unpaired) electrons. The van der Waals surface area contributed by atoms with Crippen LogP contribution in [0.5, 0.6) is 5.75 Å². The molecule has 0 aliphatic heterocycles. The van der Waals surface area contributed by atoms with Crippen LogP contribution in [0.4, 0.5) is 0 Å². The molecule has 4 heteroatoms. The monoisotopic (exact) mass is 322 g/mol. The van der Waals surface area contributed by atoms with Crippen LogP contribution in [0.1, 0.15) is 30.9 Å². The summed E-state index contributed by atoms with van der Waals surface area (Å²) in [5, 5.41) is 11.7. The number of carbonyl (C=O) groups is 2. The number of carboxylic acid groups (broad SMARTS) is 1. The third-order valence-corrected chi connectivity index (χ3v) is 5.55. The first kappa shape index (κ1) is 14.9. The third-order valence-electron chi connectivity index (χ3n) is 5.55. The number of ketones is 1. The van der Waals surface area contributed by atoms with Crippen molar-refractivity contribution < 1.29 is 19.4 Å². The van der Waals surface area contributed by atoms with E-state index >= 15 is 0 Å². The summed E-state index contributed by atoms with van der Waals surface area (Å²) in [4.78, 5) is 24.2. The Labute approximate surface area is 139 Å². The second-order valence-electron chi connectivity index (χ2n) is 6.77. The summed E-state index contributed by atoms with van der Waals surface area (Å²) in [5.74, 6) is -0.162. The molecule has 0 bridgehead atoms. The molecule has 4 nitrogen and oxygen atoms in total. The van der Waals surface area contributed by atoms with Crippen molar-refractivity contribution in [3.63, 3.8) is 0 Å². The molecule has 2 aliphatic carbocycles. The van der Waals surface area contributed by atoms with Crippen molar-refractivity contribution in [1.29, 1.82) is 0 Å². The van der Waals surface area contributed by atoms with Gasteiger partial charge in [0.2, 0.25) is 0 Å². The van der Waals surface area contributed by atoms with Gasteiger partial charge in [0.25, 0.3) is 0 Å². The van der Waals surface area contributed by atoms with E-state index in [1.54, 1.807) is 7.11 Å². The Morgan fingerprint density at radius 2 is 2.04 bits per heavy atom. The molecule has 122 valence electrons. The summed E-state index contributed by atoms with van der Waals surface area (Å²) in [5.41, 5.74) is 2.37. The van der Waals surface area contributed by atoms with E-state index in [9.17, 15) is 14.7 Å². The minimum atomic E-state index is -0.982. The van der Waals surface area contributed by atoms with E-state index in [0.29, 0.717) is 6.42 Å². The lowest BCUT2D eigenvalue weighted by molar-refractivity contribution is -0.133. The molecule has 2 aromatic carbocycles. The Bertz CT molecular complexity index is 938. The number of benzene rings is 2. The van der Waals surface area contributed by atoms with Gasteiger partial charge in [-0.1, -0.05) is 18.2 Å². The van der Waals surface area contributed by atoms with Gasteiger partial charge in [-0.05, 0) is 59.4 Å². The number of allylic oxidation sites excluding steroid dienone is 1. The molecule has 0 saturated heterocycles. The Morgan fingerprint density at radius 1 is 1.25 bits per heavy atom. The van der Waals surface area contributed by atoms with E-state index in [1.807, 2.05) is 37.3 Å².